The van der Waals surface area contributed by atoms with Crippen LogP contribution in [0, 0.1) is 0 Å². The fraction of sp³-hybridized carbons (Fsp3) is 0.429. The summed E-state index contributed by atoms with van der Waals surface area (Å²) in [6.45, 7) is 5.33. The van der Waals surface area contributed by atoms with Gasteiger partial charge in [0, 0.05) is 24.7 Å². The molecule has 1 N–H and O–H groups in total. The van der Waals surface area contributed by atoms with Gasteiger partial charge in [-0.2, -0.15) is 0 Å². The van der Waals surface area contributed by atoms with E-state index in [2.05, 4.69) is 36.8 Å². The lowest BCUT2D eigenvalue weighted by Crippen LogP contribution is -2.11. The van der Waals surface area contributed by atoms with E-state index in [1.807, 2.05) is 19.2 Å². The zero-order valence-corrected chi connectivity index (χ0v) is 11.6. The average Bonchev–Trinajstić information content (AvgIpc) is 2.54. The molecule has 0 unspecified atom stereocenters. The van der Waals surface area contributed by atoms with Crippen molar-refractivity contribution in [1.29, 1.82) is 0 Å². The second kappa shape index (κ2) is 4.71. The number of rotatable bonds is 3. The molecule has 0 saturated carbocycles. The lowest BCUT2D eigenvalue weighted by atomic mass is 9.99. The molecule has 17 heavy (non-hydrogen) atoms. The maximum atomic E-state index is 6.31. The quantitative estimate of drug-likeness (QED) is 0.880. The predicted octanol–water partition coefficient (Wildman–Crippen LogP) is 3.67. The number of halogens is 1. The minimum atomic E-state index is 0.500. The second-order valence-corrected chi connectivity index (χ2v) is 5.15. The van der Waals surface area contributed by atoms with Crippen molar-refractivity contribution in [2.75, 3.05) is 7.05 Å². The van der Waals surface area contributed by atoms with E-state index < -0.39 is 0 Å². The number of benzene rings is 1. The van der Waals surface area contributed by atoms with Crippen LogP contribution in [0.15, 0.2) is 18.2 Å². The molecule has 0 saturated heterocycles. The normalized spacial score (nSPS) is 11.6. The van der Waals surface area contributed by atoms with Crippen molar-refractivity contribution < 1.29 is 0 Å². The second-order valence-electron chi connectivity index (χ2n) is 4.74. The van der Waals surface area contributed by atoms with Crippen molar-refractivity contribution in [3.8, 4) is 0 Å². The van der Waals surface area contributed by atoms with Gasteiger partial charge in [0.1, 0.15) is 0 Å². The molecule has 3 heteroatoms. The highest BCUT2D eigenvalue weighted by Gasteiger charge is 2.18. The highest BCUT2D eigenvalue weighted by atomic mass is 35.5. The number of nitrogens with one attached hydrogen (secondary N) is 1. The van der Waals surface area contributed by atoms with Crippen LogP contribution < -0.4 is 5.32 Å². The first kappa shape index (κ1) is 12.5. The van der Waals surface area contributed by atoms with E-state index >= 15 is 0 Å². The molecule has 0 aliphatic carbocycles. The summed E-state index contributed by atoms with van der Waals surface area (Å²) >= 11 is 6.31. The molecule has 0 radical (unpaired) electrons. The molecule has 0 aliphatic rings. The van der Waals surface area contributed by atoms with Crippen molar-refractivity contribution in [1.82, 2.24) is 9.88 Å². The minimum Gasteiger partial charge on any atom is -0.345 e. The van der Waals surface area contributed by atoms with Crippen LogP contribution in [-0.2, 0) is 13.6 Å². The molecule has 92 valence electrons. The van der Waals surface area contributed by atoms with Crippen LogP contribution in [-0.4, -0.2) is 11.6 Å². The van der Waals surface area contributed by atoms with Crippen LogP contribution in [0.5, 0.6) is 0 Å². The lowest BCUT2D eigenvalue weighted by Gasteiger charge is -2.09. The van der Waals surface area contributed by atoms with Crippen LogP contribution in [0.25, 0.3) is 10.9 Å². The first-order chi connectivity index (χ1) is 8.07. The standard InChI is InChI=1S/C14H19ClN2/c1-9(2)13-10-6-5-7-11(15)14(10)17(4)12(13)8-16-3/h5-7,9,16H,8H2,1-4H3. The number of para-hydroxylation sites is 1. The summed E-state index contributed by atoms with van der Waals surface area (Å²) in [4.78, 5) is 0. The van der Waals surface area contributed by atoms with E-state index in [1.165, 1.54) is 16.6 Å². The summed E-state index contributed by atoms with van der Waals surface area (Å²) in [5.74, 6) is 0.500. The van der Waals surface area contributed by atoms with Crippen LogP contribution in [0.1, 0.15) is 31.0 Å². The fourth-order valence-electron chi connectivity index (χ4n) is 2.57. The van der Waals surface area contributed by atoms with Crippen LogP contribution >= 0.6 is 11.6 Å². The first-order valence-electron chi connectivity index (χ1n) is 5.98. The van der Waals surface area contributed by atoms with Gasteiger partial charge >= 0.3 is 0 Å². The van der Waals surface area contributed by atoms with Gasteiger partial charge in [-0.3, -0.25) is 0 Å². The Morgan fingerprint density at radius 1 is 1.35 bits per heavy atom. The first-order valence-corrected chi connectivity index (χ1v) is 6.36. The number of aromatic nitrogens is 1. The van der Waals surface area contributed by atoms with E-state index in [1.54, 1.807) is 0 Å². The van der Waals surface area contributed by atoms with Crippen molar-refractivity contribution in [3.05, 3.63) is 34.5 Å². The number of nitrogens with zero attached hydrogens (tertiary/aromatic N) is 1. The summed E-state index contributed by atoms with van der Waals surface area (Å²) in [5, 5.41) is 5.34. The van der Waals surface area contributed by atoms with Gasteiger partial charge in [-0.15, -0.1) is 0 Å². The molecule has 2 nitrogen and oxygen atoms in total. The number of aryl methyl sites for hydroxylation is 1. The third-order valence-electron chi connectivity index (χ3n) is 3.25. The average molecular weight is 251 g/mol. The Morgan fingerprint density at radius 3 is 2.65 bits per heavy atom. The van der Waals surface area contributed by atoms with Crippen molar-refractivity contribution in [2.45, 2.75) is 26.3 Å². The number of hydrogen-bond donors (Lipinski definition) is 1. The van der Waals surface area contributed by atoms with Gasteiger partial charge in [-0.25, -0.2) is 0 Å². The molecule has 0 spiro atoms. The predicted molar refractivity (Wildman–Crippen MR) is 74.8 cm³/mol. The number of hydrogen-bond acceptors (Lipinski definition) is 1. The smallest absolute Gasteiger partial charge is 0.0672 e. The van der Waals surface area contributed by atoms with Gasteiger partial charge in [-0.1, -0.05) is 37.6 Å². The van der Waals surface area contributed by atoms with Crippen LogP contribution in [0.4, 0.5) is 0 Å². The molecular weight excluding hydrogens is 232 g/mol. The summed E-state index contributed by atoms with van der Waals surface area (Å²) in [7, 11) is 4.07. The van der Waals surface area contributed by atoms with Crippen molar-refractivity contribution in [2.24, 2.45) is 7.05 Å². The molecule has 1 aromatic heterocycles. The molecule has 0 aliphatic heterocycles. The summed E-state index contributed by atoms with van der Waals surface area (Å²) < 4.78 is 2.21. The molecule has 0 amide bonds. The topological polar surface area (TPSA) is 17.0 Å². The molecule has 1 heterocycles. The Labute approximate surface area is 108 Å². The maximum Gasteiger partial charge on any atom is 0.0672 e. The largest absolute Gasteiger partial charge is 0.345 e. The molecule has 0 fully saturated rings. The van der Waals surface area contributed by atoms with Crippen LogP contribution in [0.2, 0.25) is 5.02 Å². The van der Waals surface area contributed by atoms with Gasteiger partial charge < -0.3 is 9.88 Å². The van der Waals surface area contributed by atoms with E-state index in [4.69, 9.17) is 11.6 Å². The Bertz CT molecular complexity index is 541. The van der Waals surface area contributed by atoms with Gasteiger partial charge in [0.25, 0.3) is 0 Å². The highest BCUT2D eigenvalue weighted by Crippen LogP contribution is 2.34. The fourth-order valence-corrected chi connectivity index (χ4v) is 2.87. The maximum absolute atomic E-state index is 6.31. The van der Waals surface area contributed by atoms with Crippen molar-refractivity contribution in [3.63, 3.8) is 0 Å². The third-order valence-corrected chi connectivity index (χ3v) is 3.55. The summed E-state index contributed by atoms with van der Waals surface area (Å²) in [6, 6.07) is 6.15. The Kier molecular flexibility index (Phi) is 3.45. The minimum absolute atomic E-state index is 0.500. The van der Waals surface area contributed by atoms with Crippen molar-refractivity contribution >= 4 is 22.5 Å². The van der Waals surface area contributed by atoms with E-state index in [-0.39, 0.29) is 0 Å². The Balaban J connectivity index is 2.83. The third kappa shape index (κ3) is 1.96. The Hall–Kier alpha value is -0.990. The zero-order chi connectivity index (χ0) is 12.6. The van der Waals surface area contributed by atoms with E-state index in [0.29, 0.717) is 5.92 Å². The SMILES string of the molecule is CNCc1c(C(C)C)c2cccc(Cl)c2n1C. The molecular formula is C14H19ClN2. The van der Waals surface area contributed by atoms with Gasteiger partial charge in [0.15, 0.2) is 0 Å². The highest BCUT2D eigenvalue weighted by molar-refractivity contribution is 6.35. The summed E-state index contributed by atoms with van der Waals surface area (Å²) in [5.41, 5.74) is 3.87. The lowest BCUT2D eigenvalue weighted by molar-refractivity contribution is 0.717. The van der Waals surface area contributed by atoms with Crippen LogP contribution in [0.3, 0.4) is 0 Å². The molecule has 0 bridgehead atoms. The summed E-state index contributed by atoms with van der Waals surface area (Å²) in [6.07, 6.45) is 0. The van der Waals surface area contributed by atoms with E-state index in [0.717, 1.165) is 17.1 Å². The molecule has 2 rings (SSSR count). The zero-order valence-electron chi connectivity index (χ0n) is 10.8. The number of fused-ring (bicyclic) bond motifs is 1. The van der Waals surface area contributed by atoms with Gasteiger partial charge in [0.05, 0.1) is 10.5 Å². The molecule has 0 atom stereocenters. The molecule has 1 aromatic carbocycles. The molecule has 2 aromatic rings. The van der Waals surface area contributed by atoms with Gasteiger partial charge in [-0.05, 0) is 24.6 Å². The van der Waals surface area contributed by atoms with E-state index in [9.17, 15) is 0 Å². The Morgan fingerprint density at radius 2 is 2.06 bits per heavy atom. The van der Waals surface area contributed by atoms with Gasteiger partial charge in [0.2, 0.25) is 0 Å². The monoisotopic (exact) mass is 250 g/mol.